The van der Waals surface area contributed by atoms with Crippen LogP contribution in [-0.2, 0) is 24.1 Å². The maximum absolute atomic E-state index is 13.1. The summed E-state index contributed by atoms with van der Waals surface area (Å²) < 4.78 is 51.9. The lowest BCUT2D eigenvalue weighted by Crippen LogP contribution is -2.32. The van der Waals surface area contributed by atoms with Crippen LogP contribution in [0.3, 0.4) is 0 Å². The Morgan fingerprint density at radius 1 is 1.23 bits per heavy atom. The zero-order valence-corrected chi connectivity index (χ0v) is 16.6. The van der Waals surface area contributed by atoms with Crippen molar-refractivity contribution >= 4 is 17.4 Å². The average Bonchev–Trinajstić information content (AvgIpc) is 3.16. The van der Waals surface area contributed by atoms with E-state index in [1.165, 1.54) is 22.9 Å². The van der Waals surface area contributed by atoms with Crippen molar-refractivity contribution in [1.82, 2.24) is 9.55 Å². The number of benzene rings is 2. The summed E-state index contributed by atoms with van der Waals surface area (Å²) in [7, 11) is 0. The summed E-state index contributed by atoms with van der Waals surface area (Å²) in [6.07, 6.45) is -3.56. The maximum atomic E-state index is 13.1. The van der Waals surface area contributed by atoms with Crippen LogP contribution in [0.4, 0.5) is 19.0 Å². The highest BCUT2D eigenvalue weighted by Crippen LogP contribution is 2.37. The van der Waals surface area contributed by atoms with Crippen LogP contribution in [-0.4, -0.2) is 27.2 Å². The quantitative estimate of drug-likeness (QED) is 0.396. The molecule has 0 N–H and O–H groups in total. The topological polar surface area (TPSA) is 79.4 Å². The Balaban J connectivity index is 1.40. The molecule has 0 unspecified atom stereocenters. The van der Waals surface area contributed by atoms with E-state index >= 15 is 0 Å². The van der Waals surface area contributed by atoms with E-state index in [1.807, 2.05) is 0 Å². The zero-order chi connectivity index (χ0) is 22.2. The first kappa shape index (κ1) is 21.1. The van der Waals surface area contributed by atoms with Crippen LogP contribution < -0.4 is 4.74 Å². The van der Waals surface area contributed by atoms with Crippen molar-refractivity contribution < 1.29 is 27.6 Å². The van der Waals surface area contributed by atoms with E-state index < -0.39 is 16.7 Å². The van der Waals surface area contributed by atoms with Crippen LogP contribution >= 0.6 is 11.6 Å². The van der Waals surface area contributed by atoms with E-state index in [0.717, 1.165) is 11.6 Å². The second kappa shape index (κ2) is 8.20. The molecule has 3 aromatic rings. The number of hydrogen-bond acceptors (Lipinski definition) is 5. The molecule has 2 heterocycles. The van der Waals surface area contributed by atoms with Crippen molar-refractivity contribution in [3.05, 3.63) is 74.9 Å². The Bertz CT molecular complexity index is 1120. The molecule has 1 aromatic heterocycles. The van der Waals surface area contributed by atoms with Crippen LogP contribution in [0.15, 0.2) is 48.7 Å². The number of fused-ring (bicyclic) bond motifs is 1. The molecule has 4 rings (SSSR count). The van der Waals surface area contributed by atoms with E-state index in [4.69, 9.17) is 21.1 Å². The third kappa shape index (κ3) is 4.64. The predicted octanol–water partition coefficient (Wildman–Crippen LogP) is 5.11. The molecule has 7 nitrogen and oxygen atoms in total. The van der Waals surface area contributed by atoms with Gasteiger partial charge >= 0.3 is 18.0 Å². The highest BCUT2D eigenvalue weighted by atomic mass is 35.5. The summed E-state index contributed by atoms with van der Waals surface area (Å²) in [6, 6.07) is 10.9. The molecule has 0 amide bonds. The van der Waals surface area contributed by atoms with Gasteiger partial charge in [-0.2, -0.15) is 13.2 Å². The third-order valence-corrected chi connectivity index (χ3v) is 5.09. The number of halogens is 4. The Kier molecular flexibility index (Phi) is 5.59. The van der Waals surface area contributed by atoms with Gasteiger partial charge in [0, 0.05) is 4.98 Å². The van der Waals surface area contributed by atoms with Crippen molar-refractivity contribution in [2.24, 2.45) is 0 Å². The van der Waals surface area contributed by atoms with Gasteiger partial charge in [0.05, 0.1) is 23.7 Å². The van der Waals surface area contributed by atoms with Gasteiger partial charge in [-0.25, -0.2) is 0 Å². The summed E-state index contributed by atoms with van der Waals surface area (Å²) in [5.41, 5.74) is 0.952. The molecule has 1 atom stereocenters. The SMILES string of the molecule is O=[N+]([O-])c1cn2c(n1)OC[C@@H](OCc1ccc(-c3ccc(Cl)c(C(F)(F)F)c3)cc1)C2. The van der Waals surface area contributed by atoms with Gasteiger partial charge in [-0.3, -0.25) is 4.57 Å². The van der Waals surface area contributed by atoms with Gasteiger partial charge in [0.25, 0.3) is 0 Å². The molecule has 31 heavy (non-hydrogen) atoms. The van der Waals surface area contributed by atoms with Crippen molar-refractivity contribution in [1.29, 1.82) is 0 Å². The van der Waals surface area contributed by atoms with Crippen molar-refractivity contribution in [3.63, 3.8) is 0 Å². The number of alkyl halides is 3. The van der Waals surface area contributed by atoms with E-state index in [0.29, 0.717) is 17.7 Å². The van der Waals surface area contributed by atoms with E-state index in [1.54, 1.807) is 24.3 Å². The van der Waals surface area contributed by atoms with Gasteiger partial charge in [0.15, 0.2) is 0 Å². The molecule has 11 heteroatoms. The van der Waals surface area contributed by atoms with Crippen molar-refractivity contribution in [3.8, 4) is 17.1 Å². The molecule has 0 saturated heterocycles. The summed E-state index contributed by atoms with van der Waals surface area (Å²) in [5, 5.41) is 10.5. The summed E-state index contributed by atoms with van der Waals surface area (Å²) in [5.74, 6) is -0.290. The van der Waals surface area contributed by atoms with Gasteiger partial charge in [-0.15, -0.1) is 0 Å². The lowest BCUT2D eigenvalue weighted by Gasteiger charge is -2.22. The minimum Gasteiger partial charge on any atom is -0.443 e. The fourth-order valence-corrected chi connectivity index (χ4v) is 3.41. The molecule has 0 spiro atoms. The van der Waals surface area contributed by atoms with E-state index in [-0.39, 0.29) is 36.2 Å². The van der Waals surface area contributed by atoms with Gasteiger partial charge in [-0.05, 0) is 33.7 Å². The first-order valence-electron chi connectivity index (χ1n) is 9.13. The number of imidazole rings is 1. The van der Waals surface area contributed by atoms with Crippen LogP contribution in [0.25, 0.3) is 11.1 Å². The van der Waals surface area contributed by atoms with Gasteiger partial charge in [0.2, 0.25) is 0 Å². The van der Waals surface area contributed by atoms with Crippen LogP contribution in [0, 0.1) is 10.1 Å². The molecule has 162 valence electrons. The highest BCUT2D eigenvalue weighted by molar-refractivity contribution is 6.31. The first-order chi connectivity index (χ1) is 14.7. The largest absolute Gasteiger partial charge is 0.443 e. The minimum atomic E-state index is -4.53. The molecule has 0 aliphatic carbocycles. The normalized spacial score (nSPS) is 15.9. The van der Waals surface area contributed by atoms with Crippen molar-refractivity contribution in [2.45, 2.75) is 25.4 Å². The zero-order valence-electron chi connectivity index (χ0n) is 15.8. The second-order valence-corrected chi connectivity index (χ2v) is 7.33. The summed E-state index contributed by atoms with van der Waals surface area (Å²) >= 11 is 5.67. The molecular formula is C20H15ClF3N3O4. The lowest BCUT2D eigenvalue weighted by molar-refractivity contribution is -0.389. The van der Waals surface area contributed by atoms with Gasteiger partial charge in [0.1, 0.15) is 18.9 Å². The Morgan fingerprint density at radius 3 is 2.61 bits per heavy atom. The molecule has 0 radical (unpaired) electrons. The van der Waals surface area contributed by atoms with E-state index in [9.17, 15) is 23.3 Å². The van der Waals surface area contributed by atoms with E-state index in [2.05, 4.69) is 4.98 Å². The van der Waals surface area contributed by atoms with Gasteiger partial charge < -0.3 is 19.6 Å². The molecule has 2 aromatic carbocycles. The van der Waals surface area contributed by atoms with Crippen LogP contribution in [0.5, 0.6) is 6.01 Å². The number of nitro groups is 1. The fraction of sp³-hybridized carbons (Fsp3) is 0.250. The monoisotopic (exact) mass is 453 g/mol. The minimum absolute atomic E-state index is 0.178. The van der Waals surface area contributed by atoms with Gasteiger partial charge in [-0.1, -0.05) is 41.9 Å². The van der Waals surface area contributed by atoms with Crippen molar-refractivity contribution in [2.75, 3.05) is 6.61 Å². The second-order valence-electron chi connectivity index (χ2n) is 6.92. The smallest absolute Gasteiger partial charge is 0.417 e. The fourth-order valence-electron chi connectivity index (χ4n) is 3.19. The molecule has 1 aliphatic rings. The Hall–Kier alpha value is -3.11. The molecular weight excluding hydrogens is 439 g/mol. The Morgan fingerprint density at radius 2 is 1.94 bits per heavy atom. The number of hydrogen-bond donors (Lipinski definition) is 0. The number of nitrogens with zero attached hydrogens (tertiary/aromatic N) is 3. The number of ether oxygens (including phenoxy) is 2. The third-order valence-electron chi connectivity index (χ3n) is 4.76. The first-order valence-corrected chi connectivity index (χ1v) is 9.50. The standard InChI is InChI=1S/C20H15ClF3N3O4/c21-17-6-5-14(7-16(17)20(22,23)24)13-3-1-12(2-4-13)10-30-15-8-26-9-18(27(28)29)25-19(26)31-11-15/h1-7,9,15H,8,10-11H2/t15-/m0/s1. The lowest BCUT2D eigenvalue weighted by atomic mass is 10.0. The average molecular weight is 454 g/mol. The maximum Gasteiger partial charge on any atom is 0.417 e. The number of aromatic nitrogens is 2. The highest BCUT2D eigenvalue weighted by Gasteiger charge is 2.33. The summed E-state index contributed by atoms with van der Waals surface area (Å²) in [4.78, 5) is 14.0. The molecule has 1 aliphatic heterocycles. The molecule has 0 bridgehead atoms. The van der Waals surface area contributed by atoms with Crippen LogP contribution in [0.2, 0.25) is 5.02 Å². The Labute approximate surface area is 179 Å². The molecule has 0 fully saturated rings. The molecule has 0 saturated carbocycles. The number of rotatable bonds is 5. The predicted molar refractivity (Wildman–Crippen MR) is 105 cm³/mol. The van der Waals surface area contributed by atoms with Crippen LogP contribution in [0.1, 0.15) is 11.1 Å². The summed E-state index contributed by atoms with van der Waals surface area (Å²) in [6.45, 7) is 0.811.